The normalized spacial score (nSPS) is 18.5. The van der Waals surface area contributed by atoms with Crippen molar-refractivity contribution in [2.24, 2.45) is 5.10 Å². The highest BCUT2D eigenvalue weighted by molar-refractivity contribution is 6.00. The zero-order valence-corrected chi connectivity index (χ0v) is 14.5. The van der Waals surface area contributed by atoms with E-state index in [0.717, 1.165) is 30.6 Å². The molecule has 6 heteroatoms. The number of aryl methyl sites for hydroxylation is 1. The molecule has 0 spiro atoms. The minimum atomic E-state index is -0.276. The zero-order chi connectivity index (χ0) is 17.3. The van der Waals surface area contributed by atoms with Crippen molar-refractivity contribution < 1.29 is 4.79 Å². The van der Waals surface area contributed by atoms with Crippen LogP contribution in [0.4, 0.5) is 5.69 Å². The van der Waals surface area contributed by atoms with E-state index in [1.807, 2.05) is 55.2 Å². The van der Waals surface area contributed by atoms with Crippen LogP contribution in [0.3, 0.4) is 0 Å². The molecule has 3 rings (SSSR count). The van der Waals surface area contributed by atoms with Crippen molar-refractivity contribution in [1.29, 1.82) is 5.26 Å². The van der Waals surface area contributed by atoms with Crippen LogP contribution in [-0.4, -0.2) is 47.7 Å². The molecule has 24 heavy (non-hydrogen) atoms. The molecule has 1 aliphatic heterocycles. The fourth-order valence-electron chi connectivity index (χ4n) is 3.31. The van der Waals surface area contributed by atoms with Crippen LogP contribution in [0.25, 0.3) is 0 Å². The molecule has 1 aromatic rings. The van der Waals surface area contributed by atoms with Gasteiger partial charge in [-0.3, -0.25) is 4.79 Å². The minimum absolute atomic E-state index is 0.0144. The standard InChI is InChI=1S/C18H23N5O/c1-4-22(18(7-8-18)9-10-19)17(24)15-13-14(2)5-6-16(15)23-20-11-12-21(23)3/h5-6,11,13H,4,7-9,12H2,1-3H3. The van der Waals surface area contributed by atoms with E-state index in [4.69, 9.17) is 5.26 Å². The van der Waals surface area contributed by atoms with E-state index in [0.29, 0.717) is 18.5 Å². The van der Waals surface area contributed by atoms with Crippen molar-refractivity contribution in [1.82, 2.24) is 9.91 Å². The molecule has 0 saturated heterocycles. The third kappa shape index (κ3) is 2.76. The summed E-state index contributed by atoms with van der Waals surface area (Å²) in [6.07, 6.45) is 4.03. The third-order valence-corrected chi connectivity index (χ3v) is 4.83. The smallest absolute Gasteiger partial charge is 0.256 e. The number of hydrazine groups is 1. The molecule has 1 heterocycles. The molecule has 0 unspecified atom stereocenters. The molecule has 0 bridgehead atoms. The topological polar surface area (TPSA) is 62.9 Å². The molecule has 1 fully saturated rings. The number of nitriles is 1. The molecule has 6 nitrogen and oxygen atoms in total. The summed E-state index contributed by atoms with van der Waals surface area (Å²) in [5.41, 5.74) is 2.19. The average molecular weight is 325 g/mol. The maximum absolute atomic E-state index is 13.3. The van der Waals surface area contributed by atoms with Gasteiger partial charge in [0.1, 0.15) is 0 Å². The predicted molar refractivity (Wildman–Crippen MR) is 93.7 cm³/mol. The van der Waals surface area contributed by atoms with Crippen molar-refractivity contribution in [3.05, 3.63) is 29.3 Å². The van der Waals surface area contributed by atoms with Crippen molar-refractivity contribution >= 4 is 17.8 Å². The van der Waals surface area contributed by atoms with Crippen LogP contribution >= 0.6 is 0 Å². The molecule has 0 N–H and O–H groups in total. The minimum Gasteiger partial charge on any atom is -0.332 e. The van der Waals surface area contributed by atoms with Crippen LogP contribution in [0.2, 0.25) is 0 Å². The highest BCUT2D eigenvalue weighted by Crippen LogP contribution is 2.45. The van der Waals surface area contributed by atoms with E-state index < -0.39 is 0 Å². The van der Waals surface area contributed by atoms with Crippen molar-refractivity contribution in [3.8, 4) is 6.07 Å². The summed E-state index contributed by atoms with van der Waals surface area (Å²) in [5.74, 6) is -0.0144. The quantitative estimate of drug-likeness (QED) is 0.834. The summed E-state index contributed by atoms with van der Waals surface area (Å²) in [7, 11) is 1.94. The van der Waals surface area contributed by atoms with Gasteiger partial charge in [0.25, 0.3) is 5.91 Å². The van der Waals surface area contributed by atoms with Gasteiger partial charge in [-0.25, -0.2) is 0 Å². The fraction of sp³-hybridized carbons (Fsp3) is 0.500. The maximum Gasteiger partial charge on any atom is 0.256 e. The summed E-state index contributed by atoms with van der Waals surface area (Å²) in [5, 5.41) is 17.2. The number of carbonyl (C=O) groups is 1. The summed E-state index contributed by atoms with van der Waals surface area (Å²) in [4.78, 5) is 15.2. The first-order chi connectivity index (χ1) is 11.5. The number of anilines is 1. The van der Waals surface area contributed by atoms with E-state index in [9.17, 15) is 4.79 Å². The van der Waals surface area contributed by atoms with E-state index >= 15 is 0 Å². The number of carbonyl (C=O) groups excluding carboxylic acids is 1. The molecule has 1 aliphatic carbocycles. The van der Waals surface area contributed by atoms with Gasteiger partial charge in [-0.15, -0.1) is 0 Å². The summed E-state index contributed by atoms with van der Waals surface area (Å²) in [6, 6.07) is 8.10. The monoisotopic (exact) mass is 325 g/mol. The Labute approximate surface area is 142 Å². The van der Waals surface area contributed by atoms with E-state index in [-0.39, 0.29) is 11.4 Å². The Balaban J connectivity index is 1.99. The van der Waals surface area contributed by atoms with Gasteiger partial charge in [-0.2, -0.15) is 20.5 Å². The number of hydrogen-bond donors (Lipinski definition) is 0. The number of hydrogen-bond acceptors (Lipinski definition) is 5. The Hall–Kier alpha value is -2.39. The van der Waals surface area contributed by atoms with Crippen LogP contribution in [0.5, 0.6) is 0 Å². The Morgan fingerprint density at radius 2 is 2.21 bits per heavy atom. The van der Waals surface area contributed by atoms with E-state index in [1.165, 1.54) is 0 Å². The fourth-order valence-corrected chi connectivity index (χ4v) is 3.31. The lowest BCUT2D eigenvalue weighted by molar-refractivity contribution is 0.0665. The number of hydrazone groups is 1. The lowest BCUT2D eigenvalue weighted by Gasteiger charge is -2.32. The first-order valence-corrected chi connectivity index (χ1v) is 8.35. The second-order valence-corrected chi connectivity index (χ2v) is 6.56. The third-order valence-electron chi connectivity index (χ3n) is 4.83. The Morgan fingerprint density at radius 3 is 2.75 bits per heavy atom. The molecule has 1 saturated carbocycles. The molecular weight excluding hydrogens is 302 g/mol. The maximum atomic E-state index is 13.3. The first kappa shape index (κ1) is 16.5. The highest BCUT2D eigenvalue weighted by atomic mass is 16.2. The van der Waals surface area contributed by atoms with Crippen LogP contribution in [-0.2, 0) is 0 Å². The van der Waals surface area contributed by atoms with Crippen molar-refractivity contribution in [2.75, 3.05) is 25.3 Å². The number of amides is 1. The van der Waals surface area contributed by atoms with Crippen LogP contribution in [0, 0.1) is 18.3 Å². The molecule has 0 atom stereocenters. The van der Waals surface area contributed by atoms with Crippen LogP contribution in [0.15, 0.2) is 23.3 Å². The largest absolute Gasteiger partial charge is 0.332 e. The van der Waals surface area contributed by atoms with Gasteiger partial charge in [-0.05, 0) is 38.8 Å². The zero-order valence-electron chi connectivity index (χ0n) is 14.5. The molecular formula is C18H23N5O. The number of nitrogens with zero attached hydrogens (tertiary/aromatic N) is 5. The van der Waals surface area contributed by atoms with Gasteiger partial charge in [0.05, 0.1) is 35.8 Å². The number of rotatable bonds is 5. The van der Waals surface area contributed by atoms with Crippen LogP contribution in [0.1, 0.15) is 42.1 Å². The predicted octanol–water partition coefficient (Wildman–Crippen LogP) is 2.56. The molecule has 2 aliphatic rings. The van der Waals surface area contributed by atoms with E-state index in [1.54, 1.807) is 5.12 Å². The summed E-state index contributed by atoms with van der Waals surface area (Å²) < 4.78 is 0. The van der Waals surface area contributed by atoms with Crippen molar-refractivity contribution in [3.63, 3.8) is 0 Å². The van der Waals surface area contributed by atoms with Gasteiger partial charge in [-0.1, -0.05) is 11.6 Å². The Kier molecular flexibility index (Phi) is 4.29. The van der Waals surface area contributed by atoms with Gasteiger partial charge < -0.3 is 4.90 Å². The molecule has 126 valence electrons. The lowest BCUT2D eigenvalue weighted by atomic mass is 10.0. The van der Waals surface area contributed by atoms with Crippen LogP contribution < -0.4 is 5.12 Å². The second-order valence-electron chi connectivity index (χ2n) is 6.56. The second kappa shape index (κ2) is 6.25. The SMILES string of the molecule is CCN(C(=O)c1cc(C)ccc1N1N=CCN1C)C1(CC#N)CC1. The first-order valence-electron chi connectivity index (χ1n) is 8.35. The highest BCUT2D eigenvalue weighted by Gasteiger charge is 2.49. The molecule has 0 aromatic heterocycles. The summed E-state index contributed by atoms with van der Waals surface area (Å²) in [6.45, 7) is 5.28. The van der Waals surface area contributed by atoms with Gasteiger partial charge in [0, 0.05) is 19.8 Å². The number of benzene rings is 1. The summed E-state index contributed by atoms with van der Waals surface area (Å²) >= 11 is 0. The Bertz CT molecular complexity index is 717. The molecule has 1 aromatic carbocycles. The Morgan fingerprint density at radius 1 is 1.46 bits per heavy atom. The molecule has 1 amide bonds. The molecule has 0 radical (unpaired) electrons. The van der Waals surface area contributed by atoms with Gasteiger partial charge in [0.15, 0.2) is 0 Å². The average Bonchev–Trinajstić information content (AvgIpc) is 3.20. The van der Waals surface area contributed by atoms with E-state index in [2.05, 4.69) is 11.2 Å². The van der Waals surface area contributed by atoms with Gasteiger partial charge >= 0.3 is 0 Å². The van der Waals surface area contributed by atoms with Crippen molar-refractivity contribution in [2.45, 2.75) is 38.6 Å². The van der Waals surface area contributed by atoms with Gasteiger partial charge in [0.2, 0.25) is 0 Å². The lowest BCUT2D eigenvalue weighted by Crippen LogP contribution is -2.43.